The summed E-state index contributed by atoms with van der Waals surface area (Å²) in [6.45, 7) is 2.95. The van der Waals surface area contributed by atoms with Gasteiger partial charge in [0.15, 0.2) is 5.17 Å². The molecule has 1 aliphatic heterocycles. The van der Waals surface area contributed by atoms with E-state index in [1.54, 1.807) is 30.5 Å². The molecule has 1 amide bonds. The summed E-state index contributed by atoms with van der Waals surface area (Å²) in [6, 6.07) is 14.5. The maximum Gasteiger partial charge on any atom is 0.288 e. The molecule has 2 aromatic carbocycles. The van der Waals surface area contributed by atoms with Gasteiger partial charge in [0.25, 0.3) is 5.76 Å². The average Bonchev–Trinajstić information content (AvgIpc) is 3.19. The summed E-state index contributed by atoms with van der Waals surface area (Å²) in [7, 11) is 0. The molecular weight excluding hydrogens is 488 g/mol. The summed E-state index contributed by atoms with van der Waals surface area (Å²) in [4.78, 5) is 12.8. The Labute approximate surface area is 214 Å². The van der Waals surface area contributed by atoms with Crippen LogP contribution >= 0.6 is 23.5 Å². The van der Waals surface area contributed by atoms with E-state index >= 15 is 0 Å². The number of amides is 1. The second-order valence-corrected chi connectivity index (χ2v) is 10.4. The Bertz CT molecular complexity index is 983. The van der Waals surface area contributed by atoms with Gasteiger partial charge in [-0.3, -0.25) is 4.79 Å². The van der Waals surface area contributed by atoms with Crippen molar-refractivity contribution in [2.45, 2.75) is 67.8 Å². The van der Waals surface area contributed by atoms with Gasteiger partial charge in [0, 0.05) is 4.90 Å². The predicted octanol–water partition coefficient (Wildman–Crippen LogP) is 6.90. The average molecular weight is 520 g/mol. The molecule has 0 bridgehead atoms. The lowest BCUT2D eigenvalue weighted by atomic mass is 10.1. The molecule has 1 atom stereocenters. The van der Waals surface area contributed by atoms with Crippen LogP contribution in [0.2, 0.25) is 0 Å². The number of carbonyl (C=O) groups is 1. The number of ether oxygens (including phenoxy) is 1. The van der Waals surface area contributed by atoms with Crippen molar-refractivity contribution < 1.29 is 18.3 Å². The van der Waals surface area contributed by atoms with Crippen molar-refractivity contribution in [3.8, 4) is 5.75 Å². The summed E-state index contributed by atoms with van der Waals surface area (Å²) >= 11 is 1.82. The van der Waals surface area contributed by atoms with Crippen LogP contribution in [0.5, 0.6) is 5.75 Å². The summed E-state index contributed by atoms with van der Waals surface area (Å²) in [5.74, 6) is -1.75. The van der Waals surface area contributed by atoms with E-state index in [1.165, 1.54) is 43.9 Å². The van der Waals surface area contributed by atoms with E-state index < -0.39 is 5.76 Å². The fourth-order valence-corrected chi connectivity index (χ4v) is 4.94. The maximum absolute atomic E-state index is 12.4. The van der Waals surface area contributed by atoms with Gasteiger partial charge in [-0.1, -0.05) is 74.7 Å². The van der Waals surface area contributed by atoms with Crippen LogP contribution in [0, 0.1) is 0 Å². The van der Waals surface area contributed by atoms with E-state index in [1.807, 2.05) is 24.3 Å². The number of rotatable bonds is 14. The highest BCUT2D eigenvalue weighted by Crippen LogP contribution is 2.27. The lowest BCUT2D eigenvalue weighted by Crippen LogP contribution is -2.25. The molecule has 0 aliphatic carbocycles. The van der Waals surface area contributed by atoms with Gasteiger partial charge >= 0.3 is 0 Å². The molecule has 9 heteroatoms. The molecule has 1 heterocycles. The highest BCUT2D eigenvalue weighted by Gasteiger charge is 2.30. The van der Waals surface area contributed by atoms with Crippen molar-refractivity contribution in [3.05, 3.63) is 59.7 Å². The molecule has 1 unspecified atom stereocenters. The van der Waals surface area contributed by atoms with Crippen LogP contribution in [-0.2, 0) is 11.2 Å². The lowest BCUT2D eigenvalue weighted by Gasteiger charge is -2.06. The Morgan fingerprint density at radius 3 is 2.49 bits per heavy atom. The summed E-state index contributed by atoms with van der Waals surface area (Å²) in [5, 5.41) is 11.1. The molecule has 0 spiro atoms. The van der Waals surface area contributed by atoms with Crippen molar-refractivity contribution in [1.82, 2.24) is 5.32 Å². The summed E-state index contributed by atoms with van der Waals surface area (Å²) in [6.07, 6.45) is 9.52. The van der Waals surface area contributed by atoms with Crippen molar-refractivity contribution in [1.29, 1.82) is 0 Å². The number of thioether (sulfide) groups is 2. The minimum atomic E-state index is -2.45. The fourth-order valence-electron chi connectivity index (χ4n) is 3.48. The van der Waals surface area contributed by atoms with Gasteiger partial charge < -0.3 is 10.1 Å². The summed E-state index contributed by atoms with van der Waals surface area (Å²) < 4.78 is 30.7. The van der Waals surface area contributed by atoms with E-state index in [0.717, 1.165) is 29.9 Å². The van der Waals surface area contributed by atoms with Crippen molar-refractivity contribution in [2.24, 2.45) is 10.2 Å². The monoisotopic (exact) mass is 519 g/mol. The Morgan fingerprint density at radius 2 is 1.77 bits per heavy atom. The predicted molar refractivity (Wildman–Crippen MR) is 142 cm³/mol. The van der Waals surface area contributed by atoms with Gasteiger partial charge in [-0.25, -0.2) is 0 Å². The van der Waals surface area contributed by atoms with E-state index in [-0.39, 0.29) is 11.2 Å². The third-order valence-corrected chi connectivity index (χ3v) is 7.14. The van der Waals surface area contributed by atoms with Crippen LogP contribution < -0.4 is 10.1 Å². The Kier molecular flexibility index (Phi) is 11.6. The largest absolute Gasteiger partial charge is 0.494 e. The van der Waals surface area contributed by atoms with Gasteiger partial charge in [-0.05, 0) is 60.4 Å². The Balaban J connectivity index is 1.41. The lowest BCUT2D eigenvalue weighted by molar-refractivity contribution is -0.118. The number of nitrogens with one attached hydrogen (secondary N) is 1. The minimum absolute atomic E-state index is 0.137. The number of hydrogen-bond donors (Lipinski definition) is 1. The molecule has 0 aromatic heterocycles. The van der Waals surface area contributed by atoms with Gasteiger partial charge in [-0.15, -0.1) is 5.10 Å². The summed E-state index contributed by atoms with van der Waals surface area (Å²) in [5.41, 5.74) is 1.79. The van der Waals surface area contributed by atoms with Crippen LogP contribution in [0.15, 0.2) is 63.6 Å². The zero-order valence-corrected chi connectivity index (χ0v) is 21.4. The molecule has 0 radical (unpaired) electrons. The molecule has 35 heavy (non-hydrogen) atoms. The SMILES string of the molecule is CCCCCCCCOc1ccc(C=N/N=C2\NC(=O)C(Cc3ccc(SC(F)F)cc3)S2)cc1. The van der Waals surface area contributed by atoms with Crippen LogP contribution in [0.25, 0.3) is 0 Å². The molecular formula is C26H31F2N3O2S2. The standard InChI is InChI=1S/C26H31F2N3O2S2/c1-2-3-4-5-6-7-16-33-21-12-8-20(9-13-21)18-29-31-26-30-24(32)23(35-26)17-19-10-14-22(15-11-19)34-25(27)28/h8-15,18,23,25H,2-7,16-17H2,1H3,(H,30,31,32). The number of amidine groups is 1. The molecule has 3 rings (SSSR count). The first-order valence-corrected chi connectivity index (χ1v) is 13.6. The highest BCUT2D eigenvalue weighted by molar-refractivity contribution is 8.15. The van der Waals surface area contributed by atoms with Crippen LogP contribution in [-0.4, -0.2) is 34.9 Å². The third-order valence-electron chi connectivity index (χ3n) is 5.35. The number of carbonyl (C=O) groups excluding carboxylic acids is 1. The van der Waals surface area contributed by atoms with E-state index in [4.69, 9.17) is 4.74 Å². The molecule has 1 saturated heterocycles. The molecule has 1 aliphatic rings. The van der Waals surface area contributed by atoms with Gasteiger partial charge in [-0.2, -0.15) is 13.9 Å². The van der Waals surface area contributed by atoms with Gasteiger partial charge in [0.05, 0.1) is 18.1 Å². The molecule has 1 fully saturated rings. The quantitative estimate of drug-likeness (QED) is 0.128. The molecule has 1 N–H and O–H groups in total. The van der Waals surface area contributed by atoms with Crippen molar-refractivity contribution in [2.75, 3.05) is 6.61 Å². The molecule has 188 valence electrons. The topological polar surface area (TPSA) is 63.1 Å². The molecule has 0 saturated carbocycles. The normalized spacial score (nSPS) is 17.0. The second-order valence-electron chi connectivity index (χ2n) is 8.16. The second kappa shape index (κ2) is 14.9. The number of alkyl halides is 2. The molecule has 5 nitrogen and oxygen atoms in total. The van der Waals surface area contributed by atoms with Crippen LogP contribution in [0.1, 0.15) is 56.6 Å². The number of hydrogen-bond acceptors (Lipinski definition) is 6. The van der Waals surface area contributed by atoms with Gasteiger partial charge in [0.1, 0.15) is 5.75 Å². The van der Waals surface area contributed by atoms with E-state index in [0.29, 0.717) is 28.2 Å². The number of halogens is 2. The molecule has 2 aromatic rings. The Hall–Kier alpha value is -2.39. The van der Waals surface area contributed by atoms with Crippen molar-refractivity contribution in [3.63, 3.8) is 0 Å². The third kappa shape index (κ3) is 10.0. The first-order valence-electron chi connectivity index (χ1n) is 11.9. The number of nitrogens with zero attached hydrogens (tertiary/aromatic N) is 2. The zero-order valence-electron chi connectivity index (χ0n) is 19.8. The van der Waals surface area contributed by atoms with Gasteiger partial charge in [0.2, 0.25) is 5.91 Å². The smallest absolute Gasteiger partial charge is 0.288 e. The van der Waals surface area contributed by atoms with E-state index in [2.05, 4.69) is 22.4 Å². The minimum Gasteiger partial charge on any atom is -0.494 e. The van der Waals surface area contributed by atoms with Crippen LogP contribution in [0.3, 0.4) is 0 Å². The first kappa shape index (κ1) is 27.2. The fraction of sp³-hybridized carbons (Fsp3) is 0.423. The van der Waals surface area contributed by atoms with E-state index in [9.17, 15) is 13.6 Å². The maximum atomic E-state index is 12.4. The first-order chi connectivity index (χ1) is 17.0. The Morgan fingerprint density at radius 1 is 1.06 bits per heavy atom. The number of unbranched alkanes of at least 4 members (excludes halogenated alkanes) is 5. The highest BCUT2D eigenvalue weighted by atomic mass is 32.2. The zero-order chi connectivity index (χ0) is 24.9. The van der Waals surface area contributed by atoms with Crippen LogP contribution in [0.4, 0.5) is 8.78 Å². The van der Waals surface area contributed by atoms with Crippen molar-refractivity contribution >= 4 is 40.8 Å². The number of benzene rings is 2.